The fourth-order valence-electron chi connectivity index (χ4n) is 3.35. The zero-order valence-electron chi connectivity index (χ0n) is 12.1. The molecule has 0 aromatic heterocycles. The Hall–Kier alpha value is -1.22. The molecule has 0 saturated carbocycles. The molecule has 0 saturated heterocycles. The van der Waals surface area contributed by atoms with E-state index in [1.54, 1.807) is 11.1 Å². The molecule has 0 unspecified atom stereocenters. The standard InChI is InChI=1S/C16H24N2O/c1-3-4-14-13-6-8-17-7-5-12(13)11-15-16(14)18(2)9-10-19-15/h11,17H,3-10H2,1-2H3. The maximum atomic E-state index is 5.93. The van der Waals surface area contributed by atoms with Crippen molar-refractivity contribution in [1.82, 2.24) is 5.32 Å². The molecule has 1 aromatic carbocycles. The Morgan fingerprint density at radius 1 is 1.32 bits per heavy atom. The second-order valence-corrected chi connectivity index (χ2v) is 5.61. The number of hydrogen-bond donors (Lipinski definition) is 1. The van der Waals surface area contributed by atoms with E-state index in [2.05, 4.69) is 30.3 Å². The Bertz CT molecular complexity index is 470. The van der Waals surface area contributed by atoms with E-state index in [1.165, 1.54) is 24.1 Å². The lowest BCUT2D eigenvalue weighted by atomic mass is 9.91. The summed E-state index contributed by atoms with van der Waals surface area (Å²) in [7, 11) is 2.20. The summed E-state index contributed by atoms with van der Waals surface area (Å²) in [4.78, 5) is 2.38. The fourth-order valence-corrected chi connectivity index (χ4v) is 3.35. The van der Waals surface area contributed by atoms with E-state index in [0.29, 0.717) is 0 Å². The van der Waals surface area contributed by atoms with E-state index in [-0.39, 0.29) is 0 Å². The van der Waals surface area contributed by atoms with Crippen LogP contribution in [-0.2, 0) is 19.3 Å². The summed E-state index contributed by atoms with van der Waals surface area (Å²) >= 11 is 0. The van der Waals surface area contributed by atoms with Crippen molar-refractivity contribution >= 4 is 5.69 Å². The van der Waals surface area contributed by atoms with Gasteiger partial charge in [-0.15, -0.1) is 0 Å². The van der Waals surface area contributed by atoms with Crippen molar-refractivity contribution in [3.05, 3.63) is 22.8 Å². The molecule has 0 fully saturated rings. The quantitative estimate of drug-likeness (QED) is 0.882. The van der Waals surface area contributed by atoms with Gasteiger partial charge in [-0.2, -0.15) is 0 Å². The number of nitrogens with one attached hydrogen (secondary N) is 1. The maximum Gasteiger partial charge on any atom is 0.143 e. The van der Waals surface area contributed by atoms with Crippen molar-refractivity contribution < 1.29 is 4.74 Å². The predicted molar refractivity (Wildman–Crippen MR) is 79.5 cm³/mol. The summed E-state index contributed by atoms with van der Waals surface area (Å²) in [5.41, 5.74) is 5.99. The first kappa shape index (κ1) is 12.8. The summed E-state index contributed by atoms with van der Waals surface area (Å²) < 4.78 is 5.93. The lowest BCUT2D eigenvalue weighted by Crippen LogP contribution is -2.30. The largest absolute Gasteiger partial charge is 0.490 e. The molecular weight excluding hydrogens is 236 g/mol. The van der Waals surface area contributed by atoms with E-state index in [1.807, 2.05) is 0 Å². The Balaban J connectivity index is 2.15. The number of rotatable bonds is 2. The third kappa shape index (κ3) is 2.32. The summed E-state index contributed by atoms with van der Waals surface area (Å²) in [5, 5.41) is 3.51. The van der Waals surface area contributed by atoms with Gasteiger partial charge in [0.05, 0.1) is 12.2 Å². The Morgan fingerprint density at radius 2 is 2.16 bits per heavy atom. The molecule has 19 heavy (non-hydrogen) atoms. The SMILES string of the molecule is CCCc1c2c(cc3c1N(C)CCO3)CCNCC2. The number of likely N-dealkylation sites (N-methyl/N-ethyl adjacent to an activating group) is 1. The molecule has 0 bridgehead atoms. The first-order valence-corrected chi connectivity index (χ1v) is 7.53. The van der Waals surface area contributed by atoms with Crippen molar-refractivity contribution in [3.63, 3.8) is 0 Å². The minimum atomic E-state index is 0.812. The molecule has 1 N–H and O–H groups in total. The number of benzene rings is 1. The second kappa shape index (κ2) is 5.41. The molecule has 2 aliphatic rings. The minimum absolute atomic E-state index is 0.812. The van der Waals surface area contributed by atoms with Gasteiger partial charge in [0.2, 0.25) is 0 Å². The highest BCUT2D eigenvalue weighted by molar-refractivity contribution is 5.69. The summed E-state index contributed by atoms with van der Waals surface area (Å²) in [6.07, 6.45) is 4.65. The normalized spacial score (nSPS) is 18.3. The van der Waals surface area contributed by atoms with Crippen LogP contribution in [0.5, 0.6) is 5.75 Å². The lowest BCUT2D eigenvalue weighted by Gasteiger charge is -2.32. The molecule has 0 atom stereocenters. The Labute approximate surface area is 115 Å². The van der Waals surface area contributed by atoms with Crippen LogP contribution < -0.4 is 15.0 Å². The van der Waals surface area contributed by atoms with Crippen LogP contribution in [0.4, 0.5) is 5.69 Å². The van der Waals surface area contributed by atoms with Gasteiger partial charge in [0.15, 0.2) is 0 Å². The monoisotopic (exact) mass is 260 g/mol. The highest BCUT2D eigenvalue weighted by Crippen LogP contribution is 2.39. The molecular formula is C16H24N2O. The van der Waals surface area contributed by atoms with Crippen LogP contribution in [0, 0.1) is 0 Å². The average molecular weight is 260 g/mol. The van der Waals surface area contributed by atoms with Crippen LogP contribution in [0.15, 0.2) is 6.07 Å². The van der Waals surface area contributed by atoms with Gasteiger partial charge in [0.25, 0.3) is 0 Å². The van der Waals surface area contributed by atoms with Gasteiger partial charge in [-0.05, 0) is 55.1 Å². The highest BCUT2D eigenvalue weighted by atomic mass is 16.5. The summed E-state index contributed by atoms with van der Waals surface area (Å²) in [6.45, 7) is 6.28. The van der Waals surface area contributed by atoms with Gasteiger partial charge in [0.1, 0.15) is 12.4 Å². The molecule has 104 valence electrons. The average Bonchev–Trinajstić information content (AvgIpc) is 2.64. The van der Waals surface area contributed by atoms with Crippen LogP contribution in [0.25, 0.3) is 0 Å². The zero-order chi connectivity index (χ0) is 13.2. The molecule has 0 aliphatic carbocycles. The van der Waals surface area contributed by atoms with Gasteiger partial charge in [-0.3, -0.25) is 0 Å². The number of ether oxygens (including phenoxy) is 1. The Morgan fingerprint density at radius 3 is 3.00 bits per heavy atom. The van der Waals surface area contributed by atoms with Crippen LogP contribution in [-0.4, -0.2) is 33.3 Å². The number of fused-ring (bicyclic) bond motifs is 2. The third-order valence-electron chi connectivity index (χ3n) is 4.27. The predicted octanol–water partition coefficient (Wildman–Crippen LogP) is 2.16. The molecule has 3 rings (SSSR count). The first-order valence-electron chi connectivity index (χ1n) is 7.53. The van der Waals surface area contributed by atoms with E-state index in [0.717, 1.165) is 44.8 Å². The van der Waals surface area contributed by atoms with Crippen molar-refractivity contribution in [2.75, 3.05) is 38.2 Å². The van der Waals surface area contributed by atoms with Crippen LogP contribution >= 0.6 is 0 Å². The second-order valence-electron chi connectivity index (χ2n) is 5.61. The van der Waals surface area contributed by atoms with Gasteiger partial charge in [-0.1, -0.05) is 13.3 Å². The van der Waals surface area contributed by atoms with E-state index in [9.17, 15) is 0 Å². The molecule has 0 amide bonds. The first-order chi connectivity index (χ1) is 9.31. The molecule has 0 radical (unpaired) electrons. The minimum Gasteiger partial charge on any atom is -0.490 e. The maximum absolute atomic E-state index is 5.93. The fraction of sp³-hybridized carbons (Fsp3) is 0.625. The number of hydrogen-bond acceptors (Lipinski definition) is 3. The zero-order valence-corrected chi connectivity index (χ0v) is 12.1. The molecule has 3 nitrogen and oxygen atoms in total. The topological polar surface area (TPSA) is 24.5 Å². The molecule has 1 aromatic rings. The van der Waals surface area contributed by atoms with Crippen molar-refractivity contribution in [2.24, 2.45) is 0 Å². The van der Waals surface area contributed by atoms with Crippen LogP contribution in [0.1, 0.15) is 30.0 Å². The van der Waals surface area contributed by atoms with Gasteiger partial charge in [0, 0.05) is 7.05 Å². The smallest absolute Gasteiger partial charge is 0.143 e. The van der Waals surface area contributed by atoms with Crippen molar-refractivity contribution in [2.45, 2.75) is 32.6 Å². The molecule has 2 aliphatic heterocycles. The van der Waals surface area contributed by atoms with Crippen molar-refractivity contribution in [1.29, 1.82) is 0 Å². The van der Waals surface area contributed by atoms with E-state index >= 15 is 0 Å². The van der Waals surface area contributed by atoms with Gasteiger partial charge in [-0.25, -0.2) is 0 Å². The highest BCUT2D eigenvalue weighted by Gasteiger charge is 2.24. The van der Waals surface area contributed by atoms with E-state index in [4.69, 9.17) is 4.74 Å². The number of anilines is 1. The van der Waals surface area contributed by atoms with Gasteiger partial charge >= 0.3 is 0 Å². The van der Waals surface area contributed by atoms with Crippen LogP contribution in [0.3, 0.4) is 0 Å². The molecule has 2 heterocycles. The lowest BCUT2D eigenvalue weighted by molar-refractivity contribution is 0.310. The van der Waals surface area contributed by atoms with Crippen molar-refractivity contribution in [3.8, 4) is 5.75 Å². The van der Waals surface area contributed by atoms with E-state index < -0.39 is 0 Å². The summed E-state index contributed by atoms with van der Waals surface area (Å²) in [5.74, 6) is 1.11. The van der Waals surface area contributed by atoms with Gasteiger partial charge < -0.3 is 15.0 Å². The third-order valence-corrected chi connectivity index (χ3v) is 4.27. The number of nitrogens with zero attached hydrogens (tertiary/aromatic N) is 1. The molecule has 0 spiro atoms. The van der Waals surface area contributed by atoms with Crippen LogP contribution in [0.2, 0.25) is 0 Å². The summed E-state index contributed by atoms with van der Waals surface area (Å²) in [6, 6.07) is 2.30. The molecule has 3 heteroatoms. The Kier molecular flexibility index (Phi) is 3.65.